The van der Waals surface area contributed by atoms with Gasteiger partial charge in [0, 0.05) is 44.6 Å². The van der Waals surface area contributed by atoms with Crippen LogP contribution in [0.5, 0.6) is 0 Å². The summed E-state index contributed by atoms with van der Waals surface area (Å²) in [5.41, 5.74) is 27.2. The summed E-state index contributed by atoms with van der Waals surface area (Å²) in [5.74, 6) is 0.463. The van der Waals surface area contributed by atoms with E-state index in [1.165, 1.54) is 122 Å². The topological polar surface area (TPSA) is 6.48 Å². The molecule has 0 aliphatic rings. The molecule has 0 aliphatic heterocycles. The number of benzene rings is 16. The SMILES string of the molecule is CC(C)c1ccc(N(c2ccc(-c3ccccc3)cc2)c2c(-c3ccccc3)c(-c3ccccc3)cc3ccccc23)cc1.c1ccc(-c2ccc(N(c3ccc(-c4ccccc4)cc3)c3c(-c4ccccc4)c(-c4ccccc4)cc4c(-c5ccccc5)cccc34)cc2)cc1. The van der Waals surface area contributed by atoms with Crippen molar-refractivity contribution in [3.05, 3.63) is 400 Å². The van der Waals surface area contributed by atoms with E-state index >= 15 is 0 Å². The van der Waals surface area contributed by atoms with Gasteiger partial charge in [0.25, 0.3) is 0 Å². The first-order valence-electron chi connectivity index (χ1n) is 33.6. The van der Waals surface area contributed by atoms with Crippen LogP contribution in [-0.4, -0.2) is 0 Å². The van der Waals surface area contributed by atoms with Crippen LogP contribution < -0.4 is 9.80 Å². The first-order valence-corrected chi connectivity index (χ1v) is 33.6. The highest BCUT2D eigenvalue weighted by molar-refractivity contribution is 6.16. The van der Waals surface area contributed by atoms with Gasteiger partial charge in [0.1, 0.15) is 0 Å². The molecule has 0 atom stereocenters. The minimum Gasteiger partial charge on any atom is -0.309 e. The van der Waals surface area contributed by atoms with Crippen LogP contribution in [0.1, 0.15) is 25.3 Å². The van der Waals surface area contributed by atoms with Crippen LogP contribution >= 0.6 is 0 Å². The Kier molecular flexibility index (Phi) is 17.6. The number of hydrogen-bond donors (Lipinski definition) is 0. The molecule has 0 aromatic heterocycles. The molecule has 0 fully saturated rings. The largest absolute Gasteiger partial charge is 0.309 e. The molecule has 0 spiro atoms. The average Bonchev–Trinajstić information content (AvgIpc) is 0.738. The third-order valence-electron chi connectivity index (χ3n) is 18.5. The molecule has 0 N–H and O–H groups in total. The van der Waals surface area contributed by atoms with E-state index in [2.05, 4.69) is 418 Å². The van der Waals surface area contributed by atoms with Gasteiger partial charge >= 0.3 is 0 Å². The van der Waals surface area contributed by atoms with Gasteiger partial charge < -0.3 is 9.80 Å². The lowest BCUT2D eigenvalue weighted by Gasteiger charge is -2.31. The van der Waals surface area contributed by atoms with E-state index in [-0.39, 0.29) is 0 Å². The van der Waals surface area contributed by atoms with Crippen molar-refractivity contribution in [3.8, 4) is 89.0 Å². The van der Waals surface area contributed by atoms with E-state index in [1.54, 1.807) is 0 Å². The van der Waals surface area contributed by atoms with Gasteiger partial charge in [0.15, 0.2) is 0 Å². The molecule has 0 heterocycles. The maximum atomic E-state index is 2.47. The van der Waals surface area contributed by atoms with E-state index in [4.69, 9.17) is 0 Å². The summed E-state index contributed by atoms with van der Waals surface area (Å²) < 4.78 is 0. The molecule has 2 nitrogen and oxygen atoms in total. The first-order chi connectivity index (χ1) is 48.0. The van der Waals surface area contributed by atoms with Crippen LogP contribution in [0.15, 0.2) is 394 Å². The van der Waals surface area contributed by atoms with Crippen molar-refractivity contribution >= 4 is 55.7 Å². The molecule has 0 radical (unpaired) electrons. The molecule has 0 bridgehead atoms. The van der Waals surface area contributed by atoms with Crippen molar-refractivity contribution in [2.24, 2.45) is 0 Å². The maximum absolute atomic E-state index is 2.47. The minimum atomic E-state index is 0.463. The number of nitrogens with zero attached hydrogens (tertiary/aromatic N) is 2. The minimum absolute atomic E-state index is 0.463. The number of hydrogen-bond acceptors (Lipinski definition) is 2. The van der Waals surface area contributed by atoms with Gasteiger partial charge in [-0.1, -0.05) is 347 Å². The molecule has 16 aromatic rings. The number of rotatable bonds is 15. The Bertz CT molecular complexity index is 5180. The fourth-order valence-electron chi connectivity index (χ4n) is 13.7. The smallest absolute Gasteiger partial charge is 0.0624 e. The third kappa shape index (κ3) is 12.8. The number of fused-ring (bicyclic) bond motifs is 2. The maximum Gasteiger partial charge on any atom is 0.0624 e. The molecule has 0 aliphatic carbocycles. The molecule has 16 rings (SSSR count). The van der Waals surface area contributed by atoms with Crippen LogP contribution in [0, 0.1) is 0 Å². The van der Waals surface area contributed by atoms with Gasteiger partial charge in [-0.15, -0.1) is 0 Å². The van der Waals surface area contributed by atoms with Gasteiger partial charge in [-0.05, 0) is 161 Å². The van der Waals surface area contributed by atoms with Crippen molar-refractivity contribution in [1.82, 2.24) is 0 Å². The fraction of sp³-hybridized carbons (Fsp3) is 0.0316. The summed E-state index contributed by atoms with van der Waals surface area (Å²) in [4.78, 5) is 4.92. The molecule has 0 saturated heterocycles. The van der Waals surface area contributed by atoms with Gasteiger partial charge in [-0.25, -0.2) is 0 Å². The Morgan fingerprint density at radius 2 is 0.474 bits per heavy atom. The molecule has 97 heavy (non-hydrogen) atoms. The van der Waals surface area contributed by atoms with Crippen molar-refractivity contribution in [3.63, 3.8) is 0 Å². The van der Waals surface area contributed by atoms with Crippen LogP contribution in [-0.2, 0) is 0 Å². The van der Waals surface area contributed by atoms with Crippen LogP contribution in [0.4, 0.5) is 34.1 Å². The summed E-state index contributed by atoms with van der Waals surface area (Å²) in [6, 6.07) is 142. The second kappa shape index (κ2) is 28.1. The Hall–Kier alpha value is -12.4. The lowest BCUT2D eigenvalue weighted by molar-refractivity contribution is 0.866. The predicted molar refractivity (Wildman–Crippen MR) is 415 cm³/mol. The van der Waals surface area contributed by atoms with E-state index in [0.29, 0.717) is 5.92 Å². The lowest BCUT2D eigenvalue weighted by Crippen LogP contribution is -2.13. The molecule has 0 amide bonds. The normalized spacial score (nSPS) is 11.1. The van der Waals surface area contributed by atoms with Gasteiger partial charge in [-0.3, -0.25) is 0 Å². The van der Waals surface area contributed by atoms with Crippen molar-refractivity contribution in [2.45, 2.75) is 19.8 Å². The van der Waals surface area contributed by atoms with E-state index < -0.39 is 0 Å². The Labute approximate surface area is 570 Å². The lowest BCUT2D eigenvalue weighted by atomic mass is 9.86. The molecule has 16 aromatic carbocycles. The second-order valence-corrected chi connectivity index (χ2v) is 24.9. The average molecular weight is 1240 g/mol. The quantitative estimate of drug-likeness (QED) is 0.101. The zero-order valence-electron chi connectivity index (χ0n) is 54.5. The van der Waals surface area contributed by atoms with Crippen LogP contribution in [0.2, 0.25) is 0 Å². The van der Waals surface area contributed by atoms with E-state index in [0.717, 1.165) is 28.4 Å². The first kappa shape index (κ1) is 60.9. The fourth-order valence-corrected chi connectivity index (χ4v) is 13.7. The van der Waals surface area contributed by atoms with Crippen LogP contribution in [0.3, 0.4) is 0 Å². The number of anilines is 6. The van der Waals surface area contributed by atoms with Gasteiger partial charge in [0.2, 0.25) is 0 Å². The highest BCUT2D eigenvalue weighted by Crippen LogP contribution is 2.53. The summed E-state index contributed by atoms with van der Waals surface area (Å²) in [7, 11) is 0. The Balaban J connectivity index is 0.000000162. The van der Waals surface area contributed by atoms with Gasteiger partial charge in [0.05, 0.1) is 11.4 Å². The summed E-state index contributed by atoms with van der Waals surface area (Å²) in [5, 5.41) is 4.82. The van der Waals surface area contributed by atoms with Crippen molar-refractivity contribution in [2.75, 3.05) is 9.80 Å². The highest BCUT2D eigenvalue weighted by Gasteiger charge is 2.27. The molecule has 2 heteroatoms. The van der Waals surface area contributed by atoms with E-state index in [9.17, 15) is 0 Å². The predicted octanol–water partition coefficient (Wildman–Crippen LogP) is 27.1. The summed E-state index contributed by atoms with van der Waals surface area (Å²) in [6.45, 7) is 4.50. The summed E-state index contributed by atoms with van der Waals surface area (Å²) in [6.07, 6.45) is 0. The van der Waals surface area contributed by atoms with Crippen molar-refractivity contribution in [1.29, 1.82) is 0 Å². The Morgan fingerprint density at radius 1 is 0.196 bits per heavy atom. The molecule has 0 unspecified atom stereocenters. The zero-order valence-corrected chi connectivity index (χ0v) is 54.5. The third-order valence-corrected chi connectivity index (χ3v) is 18.5. The monoisotopic (exact) mass is 1240 g/mol. The highest BCUT2D eigenvalue weighted by atomic mass is 15.2. The van der Waals surface area contributed by atoms with Gasteiger partial charge in [-0.2, -0.15) is 0 Å². The zero-order chi connectivity index (χ0) is 65.3. The van der Waals surface area contributed by atoms with Crippen LogP contribution in [0.25, 0.3) is 111 Å². The molecule has 0 saturated carbocycles. The molecular weight excluding hydrogens is 1170 g/mol. The van der Waals surface area contributed by atoms with E-state index in [1.807, 2.05) is 0 Å². The second-order valence-electron chi connectivity index (χ2n) is 24.9. The standard InChI is InChI=1S/C52H37N.C43H35N/c1-6-17-38(18-7-1)40-29-33-45(34-30-40)53(46-35-31-41(32-36-46)39-19-8-2-9-20-39)52-48-28-16-27-47(42-21-10-3-11-22-42)50(48)37-49(43-23-12-4-13-24-43)51(52)44-25-14-5-15-26-44;1-31(2)32-22-26-38(27-23-32)44(39-28-24-34(25-29-39)33-14-6-3-7-15-33)43-40-21-13-12-20-37(40)30-41(35-16-8-4-9-17-35)42(43)36-18-10-5-11-19-36/h1-37H;3-31H,1-2H3. The Morgan fingerprint density at radius 3 is 0.845 bits per heavy atom. The van der Waals surface area contributed by atoms with Crippen molar-refractivity contribution < 1.29 is 0 Å². The molecule has 462 valence electrons. The summed E-state index contributed by atoms with van der Waals surface area (Å²) >= 11 is 0. The molecular formula is C95H72N2.